The monoisotopic (exact) mass is 387 g/mol. The number of urea groups is 1. The first kappa shape index (κ1) is 20.2. The quantitative estimate of drug-likeness (QED) is 0.735. The van der Waals surface area contributed by atoms with Gasteiger partial charge in [0.15, 0.2) is 0 Å². The average Bonchev–Trinajstić information content (AvgIpc) is 2.95. The molecule has 28 heavy (non-hydrogen) atoms. The van der Waals surface area contributed by atoms with E-state index in [4.69, 9.17) is 4.74 Å². The van der Waals surface area contributed by atoms with Gasteiger partial charge in [-0.1, -0.05) is 38.8 Å². The molecule has 1 aromatic carbocycles. The first-order valence-electron chi connectivity index (χ1n) is 9.99. The van der Waals surface area contributed by atoms with Gasteiger partial charge in [0.2, 0.25) is 5.91 Å². The summed E-state index contributed by atoms with van der Waals surface area (Å²) in [6, 6.07) is 6.63. The third-order valence-corrected chi connectivity index (χ3v) is 6.05. The Hall–Kier alpha value is -2.57. The lowest BCUT2D eigenvalue weighted by atomic mass is 9.86. The molecule has 0 aromatic heterocycles. The van der Waals surface area contributed by atoms with Gasteiger partial charge in [0, 0.05) is 6.04 Å². The Labute approximate surface area is 165 Å². The average molecular weight is 387 g/mol. The minimum Gasteiger partial charge on any atom is -0.497 e. The van der Waals surface area contributed by atoms with Crippen molar-refractivity contribution < 1.29 is 19.1 Å². The normalized spacial score (nSPS) is 27.5. The molecule has 0 bridgehead atoms. The Morgan fingerprint density at radius 2 is 1.93 bits per heavy atom. The zero-order chi connectivity index (χ0) is 20.3. The molecule has 2 aliphatic rings. The lowest BCUT2D eigenvalue weighted by Gasteiger charge is -2.30. The van der Waals surface area contributed by atoms with Gasteiger partial charge >= 0.3 is 6.03 Å². The number of benzene rings is 1. The summed E-state index contributed by atoms with van der Waals surface area (Å²) in [5.41, 5.74) is -0.472. The van der Waals surface area contributed by atoms with E-state index in [1.165, 1.54) is 6.42 Å². The van der Waals surface area contributed by atoms with Crippen molar-refractivity contribution in [2.45, 2.75) is 57.5 Å². The standard InChI is InChI=1S/C21H29N3O4/c1-4-21(15-9-11-16(28-3)12-10-15)19(26)24(20(27)23-21)13-18(25)22-17-8-6-5-7-14(17)2/h9-12,14,17H,4-8,13H2,1-3H3,(H,22,25)(H,23,27)/t14-,17+,21-/m0/s1. The first-order chi connectivity index (χ1) is 13.4. The summed E-state index contributed by atoms with van der Waals surface area (Å²) in [5.74, 6) is 0.403. The van der Waals surface area contributed by atoms with Gasteiger partial charge < -0.3 is 15.4 Å². The third kappa shape index (κ3) is 3.70. The molecule has 0 radical (unpaired) electrons. The van der Waals surface area contributed by atoms with Crippen LogP contribution >= 0.6 is 0 Å². The maximum Gasteiger partial charge on any atom is 0.325 e. The minimum absolute atomic E-state index is 0.111. The van der Waals surface area contributed by atoms with Gasteiger partial charge in [-0.25, -0.2) is 4.79 Å². The van der Waals surface area contributed by atoms with Crippen LogP contribution in [0.25, 0.3) is 0 Å². The van der Waals surface area contributed by atoms with Gasteiger partial charge in [-0.15, -0.1) is 0 Å². The van der Waals surface area contributed by atoms with Crippen molar-refractivity contribution in [1.29, 1.82) is 0 Å². The number of methoxy groups -OCH3 is 1. The highest BCUT2D eigenvalue weighted by molar-refractivity contribution is 6.09. The van der Waals surface area contributed by atoms with E-state index in [-0.39, 0.29) is 18.5 Å². The molecule has 7 heteroatoms. The van der Waals surface area contributed by atoms with E-state index < -0.39 is 17.5 Å². The van der Waals surface area contributed by atoms with Crippen molar-refractivity contribution in [3.05, 3.63) is 29.8 Å². The smallest absolute Gasteiger partial charge is 0.325 e. The molecule has 152 valence electrons. The number of amides is 4. The maximum absolute atomic E-state index is 13.1. The van der Waals surface area contributed by atoms with Crippen LogP contribution < -0.4 is 15.4 Å². The Morgan fingerprint density at radius 3 is 2.54 bits per heavy atom. The van der Waals surface area contributed by atoms with Crippen molar-refractivity contribution in [3.63, 3.8) is 0 Å². The van der Waals surface area contributed by atoms with Crippen LogP contribution in [0.5, 0.6) is 5.75 Å². The van der Waals surface area contributed by atoms with Gasteiger partial charge in [0.05, 0.1) is 7.11 Å². The zero-order valence-corrected chi connectivity index (χ0v) is 16.8. The fraction of sp³-hybridized carbons (Fsp3) is 0.571. The topological polar surface area (TPSA) is 87.7 Å². The summed E-state index contributed by atoms with van der Waals surface area (Å²) in [6.07, 6.45) is 4.69. The van der Waals surface area contributed by atoms with Gasteiger partial charge in [-0.05, 0) is 42.9 Å². The molecule has 1 aliphatic carbocycles. The Kier molecular flexibility index (Phi) is 5.91. The van der Waals surface area contributed by atoms with Crippen LogP contribution in [0.15, 0.2) is 24.3 Å². The molecule has 1 heterocycles. The predicted molar refractivity (Wildman–Crippen MR) is 105 cm³/mol. The SMILES string of the molecule is CC[C@@]1(c2ccc(OC)cc2)NC(=O)N(CC(=O)N[C@@H]2CCCC[C@@H]2C)C1=O. The van der Waals surface area contributed by atoms with E-state index in [9.17, 15) is 14.4 Å². The van der Waals surface area contributed by atoms with E-state index >= 15 is 0 Å². The minimum atomic E-state index is -1.15. The van der Waals surface area contributed by atoms with E-state index in [0.29, 0.717) is 23.7 Å². The molecule has 2 fully saturated rings. The van der Waals surface area contributed by atoms with Gasteiger partial charge in [0.25, 0.3) is 5.91 Å². The highest BCUT2D eigenvalue weighted by Crippen LogP contribution is 2.33. The largest absolute Gasteiger partial charge is 0.497 e. The fourth-order valence-corrected chi connectivity index (χ4v) is 4.21. The van der Waals surface area contributed by atoms with Gasteiger partial charge in [-0.2, -0.15) is 0 Å². The molecule has 1 aromatic rings. The van der Waals surface area contributed by atoms with Crippen molar-refractivity contribution in [3.8, 4) is 5.75 Å². The molecule has 7 nitrogen and oxygen atoms in total. The van der Waals surface area contributed by atoms with Crippen molar-refractivity contribution in [2.24, 2.45) is 5.92 Å². The van der Waals surface area contributed by atoms with Crippen LogP contribution in [0.1, 0.15) is 51.5 Å². The molecule has 0 unspecified atom stereocenters. The number of nitrogens with zero attached hydrogens (tertiary/aromatic N) is 1. The summed E-state index contributed by atoms with van der Waals surface area (Å²) in [5, 5.41) is 5.81. The second-order valence-electron chi connectivity index (χ2n) is 7.74. The van der Waals surface area contributed by atoms with Crippen LogP contribution in [0.4, 0.5) is 4.79 Å². The van der Waals surface area contributed by atoms with Crippen LogP contribution in [-0.2, 0) is 15.1 Å². The van der Waals surface area contributed by atoms with Crippen LogP contribution in [0.2, 0.25) is 0 Å². The molecule has 4 amide bonds. The number of rotatable bonds is 6. The number of hydrogen-bond donors (Lipinski definition) is 2. The second kappa shape index (κ2) is 8.20. The van der Waals surface area contributed by atoms with Crippen molar-refractivity contribution >= 4 is 17.8 Å². The van der Waals surface area contributed by atoms with E-state index in [1.807, 2.05) is 6.92 Å². The van der Waals surface area contributed by atoms with Crippen LogP contribution in [0, 0.1) is 5.92 Å². The van der Waals surface area contributed by atoms with Crippen molar-refractivity contribution in [2.75, 3.05) is 13.7 Å². The number of carbonyl (C=O) groups excluding carboxylic acids is 3. The highest BCUT2D eigenvalue weighted by Gasteiger charge is 2.51. The Balaban J connectivity index is 1.73. The lowest BCUT2D eigenvalue weighted by molar-refractivity contribution is -0.135. The summed E-state index contributed by atoms with van der Waals surface area (Å²) < 4.78 is 5.17. The van der Waals surface area contributed by atoms with Crippen LogP contribution in [0.3, 0.4) is 0 Å². The van der Waals surface area contributed by atoms with Crippen LogP contribution in [-0.4, -0.2) is 42.4 Å². The highest BCUT2D eigenvalue weighted by atomic mass is 16.5. The molecule has 3 rings (SSSR count). The molecule has 1 saturated carbocycles. The van der Waals surface area contributed by atoms with Gasteiger partial charge in [0.1, 0.15) is 17.8 Å². The molecule has 1 aliphatic heterocycles. The molecule has 3 atom stereocenters. The zero-order valence-electron chi connectivity index (χ0n) is 16.8. The Morgan fingerprint density at radius 1 is 1.25 bits per heavy atom. The van der Waals surface area contributed by atoms with E-state index in [0.717, 1.165) is 24.2 Å². The number of ether oxygens (including phenoxy) is 1. The summed E-state index contributed by atoms with van der Waals surface area (Å²) in [7, 11) is 1.57. The second-order valence-corrected chi connectivity index (χ2v) is 7.74. The van der Waals surface area contributed by atoms with Crippen molar-refractivity contribution in [1.82, 2.24) is 15.5 Å². The summed E-state index contributed by atoms with van der Waals surface area (Å²) in [4.78, 5) is 39.2. The molecular weight excluding hydrogens is 358 g/mol. The number of nitrogens with one attached hydrogen (secondary N) is 2. The summed E-state index contributed by atoms with van der Waals surface area (Å²) >= 11 is 0. The fourth-order valence-electron chi connectivity index (χ4n) is 4.21. The lowest BCUT2D eigenvalue weighted by Crippen LogP contribution is -2.48. The maximum atomic E-state index is 13.1. The van der Waals surface area contributed by atoms with E-state index in [1.54, 1.807) is 31.4 Å². The Bertz CT molecular complexity index is 749. The number of carbonyl (C=O) groups is 3. The van der Waals surface area contributed by atoms with E-state index in [2.05, 4.69) is 17.6 Å². The molecule has 0 spiro atoms. The molecule has 2 N–H and O–H groups in total. The number of imide groups is 1. The predicted octanol–water partition coefficient (Wildman–Crippen LogP) is 2.55. The molecular formula is C21H29N3O4. The third-order valence-electron chi connectivity index (χ3n) is 6.05. The molecule has 1 saturated heterocycles. The number of hydrogen-bond acceptors (Lipinski definition) is 4. The first-order valence-corrected chi connectivity index (χ1v) is 9.99. The van der Waals surface area contributed by atoms with Gasteiger partial charge in [-0.3, -0.25) is 14.5 Å². The summed E-state index contributed by atoms with van der Waals surface area (Å²) in [6.45, 7) is 3.71.